The standard InChI is InChI=1S/C9H10NO2.3CH3.Sn/c1-9(2)6-12-8(10-9)7-4-3-5-11-7;;;;/h3-4H,6H2,1-2H3;3*1H3;. The van der Waals surface area contributed by atoms with Gasteiger partial charge in [-0.25, -0.2) is 0 Å². The Morgan fingerprint density at radius 2 is 1.94 bits per heavy atom. The third-order valence-corrected chi connectivity index (χ3v) is 7.51. The van der Waals surface area contributed by atoms with Gasteiger partial charge in [-0.1, -0.05) is 0 Å². The molecule has 0 radical (unpaired) electrons. The predicted molar refractivity (Wildman–Crippen MR) is 68.3 cm³/mol. The van der Waals surface area contributed by atoms with Crippen LogP contribution < -0.4 is 3.78 Å². The summed E-state index contributed by atoms with van der Waals surface area (Å²) in [7, 11) is 0. The van der Waals surface area contributed by atoms with Crippen LogP contribution in [0.25, 0.3) is 0 Å². The molecule has 4 heteroatoms. The minimum absolute atomic E-state index is 0.118. The van der Waals surface area contributed by atoms with E-state index in [1.807, 2.05) is 6.07 Å². The van der Waals surface area contributed by atoms with Crippen LogP contribution >= 0.6 is 0 Å². The molecule has 1 aliphatic rings. The van der Waals surface area contributed by atoms with Crippen LogP contribution in [0, 0.1) is 0 Å². The van der Waals surface area contributed by atoms with Crippen LogP contribution in [0.2, 0.25) is 14.8 Å². The third kappa shape index (κ3) is 2.44. The number of aliphatic imine (C=N–C) groups is 1. The Morgan fingerprint density at radius 1 is 1.25 bits per heavy atom. The molecule has 0 saturated heterocycles. The molecule has 3 nitrogen and oxygen atoms in total. The van der Waals surface area contributed by atoms with Crippen molar-refractivity contribution >= 4 is 28.1 Å². The van der Waals surface area contributed by atoms with E-state index in [0.717, 1.165) is 5.76 Å². The van der Waals surface area contributed by atoms with Crippen LogP contribution in [-0.2, 0) is 4.74 Å². The van der Waals surface area contributed by atoms with Crippen LogP contribution in [0.15, 0.2) is 21.5 Å². The van der Waals surface area contributed by atoms with E-state index < -0.39 is 18.4 Å². The van der Waals surface area contributed by atoms with Crippen LogP contribution in [0.4, 0.5) is 0 Å². The first-order valence-corrected chi connectivity index (χ1v) is 15.6. The van der Waals surface area contributed by atoms with Gasteiger partial charge in [-0.05, 0) is 0 Å². The summed E-state index contributed by atoms with van der Waals surface area (Å²) >= 11 is -2.09. The Hall–Kier alpha value is -0.451. The van der Waals surface area contributed by atoms with Crippen molar-refractivity contribution in [3.8, 4) is 0 Å². The van der Waals surface area contributed by atoms with Gasteiger partial charge in [-0.2, -0.15) is 0 Å². The Bertz CT molecular complexity index is 426. The topological polar surface area (TPSA) is 34.7 Å². The van der Waals surface area contributed by atoms with Crippen molar-refractivity contribution in [3.05, 3.63) is 17.9 Å². The van der Waals surface area contributed by atoms with Gasteiger partial charge in [0, 0.05) is 0 Å². The summed E-state index contributed by atoms with van der Waals surface area (Å²) in [5, 5.41) is 0. The van der Waals surface area contributed by atoms with E-state index in [4.69, 9.17) is 9.15 Å². The zero-order chi connectivity index (χ0) is 12.0. The molecule has 0 N–H and O–H groups in total. The first kappa shape index (κ1) is 12.0. The molecule has 0 saturated carbocycles. The van der Waals surface area contributed by atoms with Crippen molar-refractivity contribution in [1.29, 1.82) is 0 Å². The van der Waals surface area contributed by atoms with Crippen molar-refractivity contribution in [1.82, 2.24) is 0 Å². The second-order valence-corrected chi connectivity index (χ2v) is 20.2. The fourth-order valence-corrected chi connectivity index (χ4v) is 4.42. The van der Waals surface area contributed by atoms with Gasteiger partial charge in [0.1, 0.15) is 0 Å². The third-order valence-electron chi connectivity index (χ3n) is 2.52. The van der Waals surface area contributed by atoms with Gasteiger partial charge in [-0.15, -0.1) is 0 Å². The van der Waals surface area contributed by atoms with E-state index in [0.29, 0.717) is 12.5 Å². The van der Waals surface area contributed by atoms with Crippen LogP contribution in [0.5, 0.6) is 0 Å². The Labute approximate surface area is 101 Å². The van der Waals surface area contributed by atoms with Crippen LogP contribution in [0.1, 0.15) is 19.6 Å². The zero-order valence-corrected chi connectivity index (χ0v) is 13.5. The molecule has 1 aromatic rings. The van der Waals surface area contributed by atoms with E-state index >= 15 is 0 Å². The van der Waals surface area contributed by atoms with Crippen molar-refractivity contribution < 1.29 is 9.15 Å². The number of rotatable bonds is 2. The molecule has 16 heavy (non-hydrogen) atoms. The number of hydrogen-bond acceptors (Lipinski definition) is 3. The van der Waals surface area contributed by atoms with Gasteiger partial charge in [0.15, 0.2) is 0 Å². The van der Waals surface area contributed by atoms with Crippen molar-refractivity contribution in [2.24, 2.45) is 4.99 Å². The monoisotopic (exact) mass is 329 g/mol. The first-order chi connectivity index (χ1) is 7.28. The molecular formula is C12H19NO2Sn. The Balaban J connectivity index is 2.27. The number of furan rings is 1. The van der Waals surface area contributed by atoms with Gasteiger partial charge < -0.3 is 0 Å². The van der Waals surface area contributed by atoms with E-state index in [1.165, 1.54) is 3.78 Å². The average Bonchev–Trinajstić information content (AvgIpc) is 2.68. The molecule has 0 atom stereocenters. The van der Waals surface area contributed by atoms with Gasteiger partial charge in [0.25, 0.3) is 0 Å². The molecule has 0 aromatic carbocycles. The van der Waals surface area contributed by atoms with Crippen LogP contribution in [-0.4, -0.2) is 36.4 Å². The molecule has 0 fully saturated rings. The van der Waals surface area contributed by atoms with Crippen LogP contribution in [0.3, 0.4) is 0 Å². The number of nitrogens with zero attached hydrogens (tertiary/aromatic N) is 1. The summed E-state index contributed by atoms with van der Waals surface area (Å²) in [5.74, 6) is 1.44. The van der Waals surface area contributed by atoms with E-state index in [1.54, 1.807) is 0 Å². The second kappa shape index (κ2) is 3.79. The van der Waals surface area contributed by atoms with E-state index in [2.05, 4.69) is 39.7 Å². The number of ether oxygens (including phenoxy) is 1. The zero-order valence-electron chi connectivity index (χ0n) is 10.6. The quantitative estimate of drug-likeness (QED) is 0.782. The number of hydrogen-bond donors (Lipinski definition) is 0. The molecule has 0 unspecified atom stereocenters. The summed E-state index contributed by atoms with van der Waals surface area (Å²) in [5.41, 5.74) is -0.118. The summed E-state index contributed by atoms with van der Waals surface area (Å²) in [6.07, 6.45) is 0. The summed E-state index contributed by atoms with van der Waals surface area (Å²) in [6.45, 7) is 4.76. The Kier molecular flexibility index (Phi) is 2.85. The fourth-order valence-electron chi connectivity index (χ4n) is 1.57. The maximum atomic E-state index is 5.86. The predicted octanol–water partition coefficient (Wildman–Crippen LogP) is 2.38. The molecule has 0 aliphatic carbocycles. The van der Waals surface area contributed by atoms with Crippen molar-refractivity contribution in [2.75, 3.05) is 6.61 Å². The molecule has 0 bridgehead atoms. The molecule has 0 amide bonds. The average molecular weight is 328 g/mol. The van der Waals surface area contributed by atoms with Gasteiger partial charge in [0.2, 0.25) is 0 Å². The molecule has 0 spiro atoms. The normalized spacial score (nSPS) is 19.4. The summed E-state index contributed by atoms with van der Waals surface area (Å²) in [6, 6.07) is 4.07. The molecule has 2 rings (SSSR count). The molecule has 1 aromatic heterocycles. The second-order valence-electron chi connectivity index (χ2n) is 5.93. The van der Waals surface area contributed by atoms with E-state index in [9.17, 15) is 0 Å². The fraction of sp³-hybridized carbons (Fsp3) is 0.583. The summed E-state index contributed by atoms with van der Waals surface area (Å²) in [4.78, 5) is 11.5. The molecule has 2 heterocycles. The summed E-state index contributed by atoms with van der Waals surface area (Å²) < 4.78 is 12.6. The van der Waals surface area contributed by atoms with E-state index in [-0.39, 0.29) is 5.54 Å². The molecule has 88 valence electrons. The maximum absolute atomic E-state index is 5.86. The molecular weight excluding hydrogens is 309 g/mol. The Morgan fingerprint density at radius 3 is 2.38 bits per heavy atom. The van der Waals surface area contributed by atoms with Gasteiger partial charge >= 0.3 is 101 Å². The van der Waals surface area contributed by atoms with Crippen molar-refractivity contribution in [3.63, 3.8) is 0 Å². The minimum atomic E-state index is -2.09. The molecule has 1 aliphatic heterocycles. The van der Waals surface area contributed by atoms with Gasteiger partial charge in [0.05, 0.1) is 0 Å². The van der Waals surface area contributed by atoms with Gasteiger partial charge in [-0.3, -0.25) is 0 Å². The van der Waals surface area contributed by atoms with Crippen molar-refractivity contribution in [2.45, 2.75) is 34.2 Å². The SMILES string of the molecule is CC1(C)COC(c2cc[c]([Sn]([CH3])([CH3])[CH3])o2)=N1. The first-order valence-electron chi connectivity index (χ1n) is 5.61.